The van der Waals surface area contributed by atoms with Gasteiger partial charge in [0, 0.05) is 13.5 Å². The Balaban J connectivity index is 4.66. The Kier molecular flexibility index (Phi) is 5.79. The third-order valence-electron chi connectivity index (χ3n) is 1.82. The Morgan fingerprint density at radius 1 is 1.31 bits per heavy atom. The Labute approximate surface area is 89.8 Å². The summed E-state index contributed by atoms with van der Waals surface area (Å²) >= 11 is 0. The second-order valence-corrected chi connectivity index (χ2v) is 3.16. The Hall–Kier alpha value is -1.31. The standard InChI is InChI=1S/C8H13F3N2O3/c1-3(14)13-7(8(15)16)6(11)5(10)4(9)2-12/h4-7H,2,12H2,1H3,(H,13,14)(H,15,16). The Morgan fingerprint density at radius 2 is 1.81 bits per heavy atom. The van der Waals surface area contributed by atoms with Crippen LogP contribution in [-0.4, -0.2) is 48.1 Å². The molecule has 16 heavy (non-hydrogen) atoms. The zero-order chi connectivity index (χ0) is 12.9. The van der Waals surface area contributed by atoms with Gasteiger partial charge >= 0.3 is 5.97 Å². The van der Waals surface area contributed by atoms with Gasteiger partial charge in [-0.15, -0.1) is 0 Å². The fraction of sp³-hybridized carbons (Fsp3) is 0.750. The molecule has 0 spiro atoms. The van der Waals surface area contributed by atoms with Crippen LogP contribution < -0.4 is 11.1 Å². The van der Waals surface area contributed by atoms with Crippen LogP contribution in [0.25, 0.3) is 0 Å². The van der Waals surface area contributed by atoms with Crippen molar-refractivity contribution in [3.05, 3.63) is 0 Å². The van der Waals surface area contributed by atoms with Gasteiger partial charge in [-0.05, 0) is 0 Å². The number of carbonyl (C=O) groups excluding carboxylic acids is 1. The van der Waals surface area contributed by atoms with E-state index in [0.29, 0.717) is 0 Å². The fourth-order valence-corrected chi connectivity index (χ4v) is 1.01. The lowest BCUT2D eigenvalue weighted by Crippen LogP contribution is -2.52. The summed E-state index contributed by atoms with van der Waals surface area (Å²) in [5.74, 6) is -2.64. The van der Waals surface area contributed by atoms with Gasteiger partial charge in [-0.3, -0.25) is 4.79 Å². The van der Waals surface area contributed by atoms with E-state index in [4.69, 9.17) is 10.8 Å². The minimum Gasteiger partial charge on any atom is -0.480 e. The van der Waals surface area contributed by atoms with Crippen LogP contribution in [0.4, 0.5) is 13.2 Å². The maximum Gasteiger partial charge on any atom is 0.329 e. The number of hydrogen-bond acceptors (Lipinski definition) is 3. The largest absolute Gasteiger partial charge is 0.480 e. The maximum atomic E-state index is 13.2. The molecule has 1 amide bonds. The number of carboxylic acids is 1. The number of alkyl halides is 3. The lowest BCUT2D eigenvalue weighted by Gasteiger charge is -2.22. The summed E-state index contributed by atoms with van der Waals surface area (Å²) in [5.41, 5.74) is 4.77. The number of carbonyl (C=O) groups is 2. The Morgan fingerprint density at radius 3 is 2.12 bits per heavy atom. The van der Waals surface area contributed by atoms with Crippen molar-refractivity contribution in [3.8, 4) is 0 Å². The average Bonchev–Trinajstić information content (AvgIpc) is 2.22. The van der Waals surface area contributed by atoms with E-state index in [-0.39, 0.29) is 0 Å². The summed E-state index contributed by atoms with van der Waals surface area (Å²) < 4.78 is 38.9. The van der Waals surface area contributed by atoms with Crippen LogP contribution in [0.15, 0.2) is 0 Å². The molecule has 94 valence electrons. The van der Waals surface area contributed by atoms with E-state index in [9.17, 15) is 22.8 Å². The summed E-state index contributed by atoms with van der Waals surface area (Å²) in [6.45, 7) is 0.166. The molecule has 4 unspecified atom stereocenters. The van der Waals surface area contributed by atoms with Gasteiger partial charge in [-0.2, -0.15) is 0 Å². The van der Waals surface area contributed by atoms with Crippen molar-refractivity contribution in [1.82, 2.24) is 5.32 Å². The Bertz CT molecular complexity index is 265. The normalized spacial score (nSPS) is 18.3. The molecule has 0 aliphatic carbocycles. The lowest BCUT2D eigenvalue weighted by molar-refractivity contribution is -0.144. The molecule has 4 N–H and O–H groups in total. The van der Waals surface area contributed by atoms with E-state index in [2.05, 4.69) is 0 Å². The van der Waals surface area contributed by atoms with Gasteiger partial charge < -0.3 is 16.2 Å². The number of amides is 1. The number of carboxylic acid groups (broad SMARTS) is 1. The molecule has 0 bridgehead atoms. The molecule has 0 aromatic carbocycles. The van der Waals surface area contributed by atoms with Crippen LogP contribution in [0.2, 0.25) is 0 Å². The van der Waals surface area contributed by atoms with Gasteiger partial charge in [0.1, 0.15) is 6.17 Å². The zero-order valence-electron chi connectivity index (χ0n) is 8.49. The summed E-state index contributed by atoms with van der Waals surface area (Å²) in [7, 11) is 0. The minimum atomic E-state index is -2.70. The molecule has 0 saturated heterocycles. The zero-order valence-corrected chi connectivity index (χ0v) is 8.49. The van der Waals surface area contributed by atoms with E-state index in [1.807, 2.05) is 0 Å². The number of aliphatic carboxylic acids is 1. The monoisotopic (exact) mass is 242 g/mol. The first-order valence-electron chi connectivity index (χ1n) is 4.43. The third kappa shape index (κ3) is 4.05. The van der Waals surface area contributed by atoms with Crippen molar-refractivity contribution in [2.45, 2.75) is 31.5 Å². The van der Waals surface area contributed by atoms with Crippen LogP contribution in [0.5, 0.6) is 0 Å². The molecule has 4 atom stereocenters. The number of halogens is 3. The SMILES string of the molecule is CC(=O)NC(C(=O)O)C(F)C(F)C(F)CN. The molecule has 0 rings (SSSR count). The van der Waals surface area contributed by atoms with Crippen molar-refractivity contribution in [2.75, 3.05) is 6.54 Å². The minimum absolute atomic E-state index is 0.770. The van der Waals surface area contributed by atoms with Crippen molar-refractivity contribution in [1.29, 1.82) is 0 Å². The molecule has 5 nitrogen and oxygen atoms in total. The molecule has 0 aromatic rings. The molecule has 8 heteroatoms. The van der Waals surface area contributed by atoms with Gasteiger partial charge in [0.05, 0.1) is 0 Å². The van der Waals surface area contributed by atoms with Crippen LogP contribution in [-0.2, 0) is 9.59 Å². The molecule has 0 aliphatic rings. The number of nitrogens with two attached hydrogens (primary N) is 1. The highest BCUT2D eigenvalue weighted by molar-refractivity contribution is 5.82. The second kappa shape index (κ2) is 6.31. The van der Waals surface area contributed by atoms with Gasteiger partial charge in [0.15, 0.2) is 18.4 Å². The van der Waals surface area contributed by atoms with Gasteiger partial charge in [0.2, 0.25) is 5.91 Å². The molecular formula is C8H13F3N2O3. The second-order valence-electron chi connectivity index (χ2n) is 3.16. The highest BCUT2D eigenvalue weighted by Crippen LogP contribution is 2.15. The smallest absolute Gasteiger partial charge is 0.329 e. The van der Waals surface area contributed by atoms with E-state index in [0.717, 1.165) is 6.92 Å². The van der Waals surface area contributed by atoms with E-state index in [1.165, 1.54) is 0 Å². The van der Waals surface area contributed by atoms with Gasteiger partial charge in [-0.1, -0.05) is 0 Å². The lowest BCUT2D eigenvalue weighted by atomic mass is 10.0. The van der Waals surface area contributed by atoms with E-state index in [1.54, 1.807) is 5.32 Å². The van der Waals surface area contributed by atoms with Crippen LogP contribution >= 0.6 is 0 Å². The quantitative estimate of drug-likeness (QED) is 0.588. The number of nitrogens with one attached hydrogen (secondary N) is 1. The summed E-state index contributed by atoms with van der Waals surface area (Å²) in [5, 5.41) is 10.2. The molecule has 0 fully saturated rings. The van der Waals surface area contributed by atoms with Crippen LogP contribution in [0.3, 0.4) is 0 Å². The molecule has 0 aromatic heterocycles. The first-order valence-corrected chi connectivity index (χ1v) is 4.43. The first kappa shape index (κ1) is 14.7. The van der Waals surface area contributed by atoms with Crippen molar-refractivity contribution < 1.29 is 27.9 Å². The highest BCUT2D eigenvalue weighted by atomic mass is 19.2. The van der Waals surface area contributed by atoms with Crippen LogP contribution in [0, 0.1) is 0 Å². The predicted molar refractivity (Wildman–Crippen MR) is 49.0 cm³/mol. The molecule has 0 saturated carbocycles. The fourth-order valence-electron chi connectivity index (χ4n) is 1.01. The summed E-state index contributed by atoms with van der Waals surface area (Å²) in [4.78, 5) is 21.1. The maximum absolute atomic E-state index is 13.2. The first-order chi connectivity index (χ1) is 7.31. The molecule has 0 heterocycles. The summed E-state index contributed by atoms with van der Waals surface area (Å²) in [6, 6.07) is -2.13. The topological polar surface area (TPSA) is 92.4 Å². The molecule has 0 radical (unpaired) electrons. The molecular weight excluding hydrogens is 229 g/mol. The van der Waals surface area contributed by atoms with Gasteiger partial charge in [0.25, 0.3) is 0 Å². The average molecular weight is 242 g/mol. The number of rotatable bonds is 6. The van der Waals surface area contributed by atoms with E-state index < -0.39 is 43.0 Å². The highest BCUT2D eigenvalue weighted by Gasteiger charge is 2.39. The van der Waals surface area contributed by atoms with Crippen LogP contribution in [0.1, 0.15) is 6.92 Å². The number of hydrogen-bond donors (Lipinski definition) is 3. The molecule has 0 aliphatic heterocycles. The van der Waals surface area contributed by atoms with E-state index >= 15 is 0 Å². The third-order valence-corrected chi connectivity index (χ3v) is 1.82. The van der Waals surface area contributed by atoms with Crippen molar-refractivity contribution in [2.24, 2.45) is 5.73 Å². The predicted octanol–water partition coefficient (Wildman–Crippen LogP) is -0.451. The van der Waals surface area contributed by atoms with Crippen molar-refractivity contribution >= 4 is 11.9 Å². The van der Waals surface area contributed by atoms with Gasteiger partial charge in [-0.25, -0.2) is 18.0 Å². The summed E-state index contributed by atoms with van der Waals surface area (Å²) in [6.07, 6.45) is -7.71. The van der Waals surface area contributed by atoms with Crippen molar-refractivity contribution in [3.63, 3.8) is 0 Å².